The maximum atomic E-state index is 14.0. The Hall–Kier alpha value is -3.56. The number of hydrogen-bond donors (Lipinski definition) is 1. The molecule has 2 amide bonds. The Morgan fingerprint density at radius 1 is 0.950 bits per heavy atom. The summed E-state index contributed by atoms with van der Waals surface area (Å²) in [6.07, 6.45) is 0. The van der Waals surface area contributed by atoms with Crippen LogP contribution in [0.1, 0.15) is 37.5 Å². The molecule has 0 aromatic heterocycles. The van der Waals surface area contributed by atoms with Crippen molar-refractivity contribution in [3.63, 3.8) is 0 Å². The first kappa shape index (κ1) is 31.0. The van der Waals surface area contributed by atoms with E-state index in [0.717, 1.165) is 15.4 Å². The number of nitrogens with zero attached hydrogens (tertiary/aromatic N) is 2. The van der Waals surface area contributed by atoms with Crippen molar-refractivity contribution in [1.82, 2.24) is 10.2 Å². The van der Waals surface area contributed by atoms with Gasteiger partial charge in [0.15, 0.2) is 0 Å². The van der Waals surface area contributed by atoms with E-state index in [-0.39, 0.29) is 34.8 Å². The lowest BCUT2D eigenvalue weighted by molar-refractivity contribution is -0.139. The molecule has 0 spiro atoms. The number of benzene rings is 3. The minimum atomic E-state index is -4.22. The Kier molecular flexibility index (Phi) is 10.2. The van der Waals surface area contributed by atoms with Crippen LogP contribution < -0.4 is 14.4 Å². The lowest BCUT2D eigenvalue weighted by Crippen LogP contribution is -2.52. The number of sulfonamides is 1. The SMILES string of the molecule is COc1ccc(C)cc1N(CC(=O)N(Cc1ccccc1Cl)[C@@H](C)C(=O)NC(C)C)S(=O)(=O)c1ccc(C)cc1. The summed E-state index contributed by atoms with van der Waals surface area (Å²) in [7, 11) is -2.78. The van der Waals surface area contributed by atoms with Crippen LogP contribution in [0.3, 0.4) is 0 Å². The lowest BCUT2D eigenvalue weighted by atomic mass is 10.1. The molecule has 3 aromatic carbocycles. The fourth-order valence-corrected chi connectivity index (χ4v) is 5.76. The van der Waals surface area contributed by atoms with E-state index in [9.17, 15) is 18.0 Å². The van der Waals surface area contributed by atoms with Crippen molar-refractivity contribution >= 4 is 39.1 Å². The molecule has 0 saturated heterocycles. The number of nitrogens with one attached hydrogen (secondary N) is 1. The quantitative estimate of drug-likeness (QED) is 0.338. The van der Waals surface area contributed by atoms with E-state index < -0.39 is 28.5 Å². The summed E-state index contributed by atoms with van der Waals surface area (Å²) in [6.45, 7) is 8.38. The predicted molar refractivity (Wildman–Crippen MR) is 158 cm³/mol. The first-order valence-electron chi connectivity index (χ1n) is 12.9. The molecule has 0 fully saturated rings. The van der Waals surface area contributed by atoms with Crippen LogP contribution in [0.25, 0.3) is 0 Å². The molecule has 0 aliphatic rings. The molecule has 8 nitrogen and oxygen atoms in total. The first-order valence-corrected chi connectivity index (χ1v) is 14.7. The van der Waals surface area contributed by atoms with Gasteiger partial charge in [0.1, 0.15) is 18.3 Å². The molecular weight excluding hydrogens is 550 g/mol. The third-order valence-electron chi connectivity index (χ3n) is 6.39. The van der Waals surface area contributed by atoms with Gasteiger partial charge in [0.2, 0.25) is 11.8 Å². The Bertz CT molecular complexity index is 1460. The molecule has 0 aliphatic heterocycles. The van der Waals surface area contributed by atoms with Crippen LogP contribution in [-0.2, 0) is 26.2 Å². The second kappa shape index (κ2) is 13.2. The van der Waals surface area contributed by atoms with Crippen LogP contribution in [0.4, 0.5) is 5.69 Å². The van der Waals surface area contributed by atoms with E-state index >= 15 is 0 Å². The van der Waals surface area contributed by atoms with E-state index in [1.807, 2.05) is 27.7 Å². The van der Waals surface area contributed by atoms with Crippen LogP contribution in [-0.4, -0.2) is 50.9 Å². The molecular formula is C30H36ClN3O5S. The Morgan fingerprint density at radius 2 is 1.57 bits per heavy atom. The fraction of sp³-hybridized carbons (Fsp3) is 0.333. The lowest BCUT2D eigenvalue weighted by Gasteiger charge is -2.33. The van der Waals surface area contributed by atoms with Gasteiger partial charge in [-0.3, -0.25) is 13.9 Å². The first-order chi connectivity index (χ1) is 18.8. The van der Waals surface area contributed by atoms with Gasteiger partial charge in [-0.05, 0) is 76.1 Å². The van der Waals surface area contributed by atoms with Gasteiger partial charge in [0.05, 0.1) is 17.7 Å². The van der Waals surface area contributed by atoms with Gasteiger partial charge < -0.3 is 15.0 Å². The van der Waals surface area contributed by atoms with Crippen molar-refractivity contribution < 1.29 is 22.7 Å². The van der Waals surface area contributed by atoms with Crippen LogP contribution >= 0.6 is 11.6 Å². The average Bonchev–Trinajstić information content (AvgIpc) is 2.90. The van der Waals surface area contributed by atoms with Crippen LogP contribution in [0, 0.1) is 13.8 Å². The molecule has 0 radical (unpaired) electrons. The molecule has 0 unspecified atom stereocenters. The van der Waals surface area contributed by atoms with Crippen molar-refractivity contribution in [1.29, 1.82) is 0 Å². The Morgan fingerprint density at radius 3 is 2.17 bits per heavy atom. The second-order valence-electron chi connectivity index (χ2n) is 9.95. The highest BCUT2D eigenvalue weighted by Gasteiger charge is 2.34. The van der Waals surface area contributed by atoms with Gasteiger partial charge in [0, 0.05) is 17.6 Å². The summed E-state index contributed by atoms with van der Waals surface area (Å²) in [4.78, 5) is 28.5. The molecule has 1 atom stereocenters. The van der Waals surface area contributed by atoms with E-state index in [0.29, 0.717) is 10.6 Å². The normalized spacial score (nSPS) is 12.1. The van der Waals surface area contributed by atoms with E-state index in [2.05, 4.69) is 5.32 Å². The summed E-state index contributed by atoms with van der Waals surface area (Å²) in [5.74, 6) is -0.653. The van der Waals surface area contributed by atoms with E-state index in [4.69, 9.17) is 16.3 Å². The highest BCUT2D eigenvalue weighted by molar-refractivity contribution is 7.92. The maximum Gasteiger partial charge on any atom is 0.264 e. The summed E-state index contributed by atoms with van der Waals surface area (Å²) >= 11 is 6.40. The maximum absolute atomic E-state index is 14.0. The molecule has 0 bridgehead atoms. The number of rotatable bonds is 11. The van der Waals surface area contributed by atoms with Gasteiger partial charge in [0.25, 0.3) is 10.0 Å². The van der Waals surface area contributed by atoms with Crippen molar-refractivity contribution in [2.45, 2.75) is 58.1 Å². The third-order valence-corrected chi connectivity index (χ3v) is 8.53. The van der Waals surface area contributed by atoms with Crippen molar-refractivity contribution in [3.05, 3.63) is 88.4 Å². The molecule has 3 aromatic rings. The Labute approximate surface area is 241 Å². The van der Waals surface area contributed by atoms with Gasteiger partial charge in [-0.2, -0.15) is 0 Å². The number of halogens is 1. The summed E-state index contributed by atoms with van der Waals surface area (Å²) in [5.41, 5.74) is 2.52. The molecule has 0 aliphatic carbocycles. The Balaban J connectivity index is 2.12. The smallest absolute Gasteiger partial charge is 0.264 e. The molecule has 40 heavy (non-hydrogen) atoms. The standard InChI is InChI=1S/C30H36ClN3O5S/c1-20(2)32-30(36)23(5)33(18-24-9-7-8-10-26(24)31)29(35)19-34(27-17-22(4)13-16-28(27)39-6)40(37,38)25-14-11-21(3)12-15-25/h7-17,20,23H,18-19H2,1-6H3,(H,32,36)/t23-/m0/s1. The number of anilines is 1. The molecule has 1 N–H and O–H groups in total. The number of amides is 2. The zero-order valence-electron chi connectivity index (χ0n) is 23.6. The third kappa shape index (κ3) is 7.34. The van der Waals surface area contributed by atoms with Gasteiger partial charge >= 0.3 is 0 Å². The molecule has 214 valence electrons. The highest BCUT2D eigenvalue weighted by Crippen LogP contribution is 2.34. The van der Waals surface area contributed by atoms with Crippen LogP contribution in [0.5, 0.6) is 5.75 Å². The van der Waals surface area contributed by atoms with Crippen LogP contribution in [0.2, 0.25) is 5.02 Å². The van der Waals surface area contributed by atoms with Crippen molar-refractivity contribution in [2.24, 2.45) is 0 Å². The minimum absolute atomic E-state index is 0.00849. The van der Waals surface area contributed by atoms with Crippen LogP contribution in [0.15, 0.2) is 71.6 Å². The topological polar surface area (TPSA) is 96.0 Å². The molecule has 10 heteroatoms. The van der Waals surface area contributed by atoms with E-state index in [1.54, 1.807) is 61.5 Å². The van der Waals surface area contributed by atoms with Gasteiger partial charge in [-0.1, -0.05) is 53.6 Å². The highest BCUT2D eigenvalue weighted by atomic mass is 35.5. The summed E-state index contributed by atoms with van der Waals surface area (Å²) < 4.78 is 34.6. The molecule has 0 heterocycles. The number of carbonyl (C=O) groups is 2. The monoisotopic (exact) mass is 585 g/mol. The number of ether oxygens (including phenoxy) is 1. The predicted octanol–water partition coefficient (Wildman–Crippen LogP) is 5.10. The van der Waals surface area contributed by atoms with Crippen molar-refractivity contribution in [3.8, 4) is 5.75 Å². The fourth-order valence-electron chi connectivity index (χ4n) is 4.14. The number of aryl methyl sites for hydroxylation is 2. The van der Waals surface area contributed by atoms with Gasteiger partial charge in [-0.15, -0.1) is 0 Å². The number of methoxy groups -OCH3 is 1. The van der Waals surface area contributed by atoms with Gasteiger partial charge in [-0.25, -0.2) is 8.42 Å². The average molecular weight is 586 g/mol. The number of hydrogen-bond acceptors (Lipinski definition) is 5. The zero-order chi connectivity index (χ0) is 29.6. The van der Waals surface area contributed by atoms with Crippen molar-refractivity contribution in [2.75, 3.05) is 18.0 Å². The molecule has 3 rings (SSSR count). The summed E-state index contributed by atoms with van der Waals surface area (Å²) in [6, 6.07) is 17.5. The summed E-state index contributed by atoms with van der Waals surface area (Å²) in [5, 5.41) is 3.26. The van der Waals surface area contributed by atoms with E-state index in [1.165, 1.54) is 24.1 Å². The largest absolute Gasteiger partial charge is 0.495 e. The molecule has 0 saturated carbocycles. The second-order valence-corrected chi connectivity index (χ2v) is 12.2. The number of carbonyl (C=O) groups excluding carboxylic acids is 2. The zero-order valence-corrected chi connectivity index (χ0v) is 25.2. The minimum Gasteiger partial charge on any atom is -0.495 e.